The minimum atomic E-state index is -3.62. The minimum Gasteiger partial charge on any atom is -0.340 e. The van der Waals surface area contributed by atoms with Crippen LogP contribution in [0.15, 0.2) is 59.5 Å². The molecule has 0 bridgehead atoms. The highest BCUT2D eigenvalue weighted by Gasteiger charge is 2.57. The molecule has 0 radical (unpaired) electrons. The molecule has 2 fully saturated rings. The van der Waals surface area contributed by atoms with Crippen molar-refractivity contribution >= 4 is 15.9 Å². The summed E-state index contributed by atoms with van der Waals surface area (Å²) in [6, 6.07) is 17.1. The summed E-state index contributed by atoms with van der Waals surface area (Å²) in [6.07, 6.45) is 8.57. The monoisotopic (exact) mass is 452 g/mol. The Morgan fingerprint density at radius 3 is 2.47 bits per heavy atom. The second kappa shape index (κ2) is 8.64. The van der Waals surface area contributed by atoms with Crippen molar-refractivity contribution in [3.8, 4) is 0 Å². The zero-order chi connectivity index (χ0) is 22.2. The molecule has 2 aromatic rings. The van der Waals surface area contributed by atoms with Crippen LogP contribution in [0.2, 0.25) is 0 Å². The largest absolute Gasteiger partial charge is 0.340 e. The summed E-state index contributed by atoms with van der Waals surface area (Å²) < 4.78 is 28.8. The Labute approximate surface area is 191 Å². The van der Waals surface area contributed by atoms with Crippen LogP contribution >= 0.6 is 0 Å². The highest BCUT2D eigenvalue weighted by atomic mass is 32.2. The molecule has 1 saturated carbocycles. The van der Waals surface area contributed by atoms with Gasteiger partial charge in [0.05, 0.1) is 10.4 Å². The number of hydrogen-bond acceptors (Lipinski definition) is 3. The Balaban J connectivity index is 1.40. The molecule has 0 unspecified atom stereocenters. The maximum atomic E-state index is 13.6. The van der Waals surface area contributed by atoms with Crippen molar-refractivity contribution in [1.29, 1.82) is 0 Å². The first kappa shape index (κ1) is 21.7. The third kappa shape index (κ3) is 3.77. The van der Waals surface area contributed by atoms with Crippen LogP contribution in [0.3, 0.4) is 0 Å². The molecule has 1 atom stereocenters. The quantitative estimate of drug-likeness (QED) is 0.662. The Kier molecular flexibility index (Phi) is 5.84. The van der Waals surface area contributed by atoms with Crippen LogP contribution in [-0.2, 0) is 26.9 Å². The molecule has 0 aromatic heterocycles. The zero-order valence-corrected chi connectivity index (χ0v) is 19.4. The van der Waals surface area contributed by atoms with Gasteiger partial charge in [0.25, 0.3) is 0 Å². The van der Waals surface area contributed by atoms with Gasteiger partial charge in [-0.2, -0.15) is 4.31 Å². The predicted molar refractivity (Wildman–Crippen MR) is 124 cm³/mol. The number of rotatable bonds is 5. The number of benzene rings is 2. The fourth-order valence-electron chi connectivity index (χ4n) is 5.94. The van der Waals surface area contributed by atoms with Crippen LogP contribution < -0.4 is 0 Å². The highest BCUT2D eigenvalue weighted by molar-refractivity contribution is 7.89. The molecule has 1 aliphatic carbocycles. The van der Waals surface area contributed by atoms with Gasteiger partial charge in [0.15, 0.2) is 0 Å². The number of carbonyl (C=O) groups is 1. The van der Waals surface area contributed by atoms with E-state index in [0.717, 1.165) is 17.5 Å². The van der Waals surface area contributed by atoms with Crippen molar-refractivity contribution in [2.45, 2.75) is 68.3 Å². The third-order valence-electron chi connectivity index (χ3n) is 7.69. The van der Waals surface area contributed by atoms with E-state index in [2.05, 4.69) is 0 Å². The van der Waals surface area contributed by atoms with E-state index in [0.29, 0.717) is 43.3 Å². The van der Waals surface area contributed by atoms with Crippen LogP contribution in [0.1, 0.15) is 62.5 Å². The topological polar surface area (TPSA) is 57.7 Å². The number of carbonyl (C=O) groups excluding carboxylic acids is 1. The molecule has 5 nitrogen and oxygen atoms in total. The van der Waals surface area contributed by atoms with Gasteiger partial charge in [0.1, 0.15) is 0 Å². The Morgan fingerprint density at radius 1 is 0.969 bits per heavy atom. The van der Waals surface area contributed by atoms with Gasteiger partial charge in [-0.15, -0.1) is 0 Å². The summed E-state index contributed by atoms with van der Waals surface area (Å²) in [7, 11) is -3.62. The minimum absolute atomic E-state index is 0.175. The van der Waals surface area contributed by atoms with E-state index in [1.165, 1.54) is 32.1 Å². The SMILES string of the molecule is O=C(CCC1CCCCC1)N1CC[C@@]2(C1)c1ccccc1S(=O)(=O)N2Cc1ccccc1. The molecular weight excluding hydrogens is 420 g/mol. The molecule has 5 rings (SSSR count). The molecular formula is C26H32N2O3S. The van der Waals surface area contributed by atoms with Crippen LogP contribution in [0, 0.1) is 5.92 Å². The summed E-state index contributed by atoms with van der Waals surface area (Å²) in [6.45, 7) is 1.38. The lowest BCUT2D eigenvalue weighted by Crippen LogP contribution is -2.46. The molecule has 2 aliphatic heterocycles. The van der Waals surface area contributed by atoms with E-state index in [1.807, 2.05) is 47.4 Å². The molecule has 1 spiro atoms. The summed E-state index contributed by atoms with van der Waals surface area (Å²) in [4.78, 5) is 15.4. The van der Waals surface area contributed by atoms with Crippen LogP contribution in [0.4, 0.5) is 0 Å². The molecule has 0 N–H and O–H groups in total. The smallest absolute Gasteiger partial charge is 0.244 e. The van der Waals surface area contributed by atoms with Gasteiger partial charge in [0, 0.05) is 26.1 Å². The van der Waals surface area contributed by atoms with E-state index in [4.69, 9.17) is 0 Å². The number of nitrogens with zero attached hydrogens (tertiary/aromatic N) is 2. The van der Waals surface area contributed by atoms with Crippen molar-refractivity contribution in [2.75, 3.05) is 13.1 Å². The van der Waals surface area contributed by atoms with Crippen molar-refractivity contribution in [3.05, 3.63) is 65.7 Å². The fourth-order valence-corrected chi connectivity index (χ4v) is 7.99. The summed E-state index contributed by atoms with van der Waals surface area (Å²) >= 11 is 0. The molecule has 170 valence electrons. The van der Waals surface area contributed by atoms with Crippen molar-refractivity contribution < 1.29 is 13.2 Å². The Hall–Kier alpha value is -2.18. The highest BCUT2D eigenvalue weighted by Crippen LogP contribution is 2.50. The van der Waals surface area contributed by atoms with Gasteiger partial charge in [-0.3, -0.25) is 4.79 Å². The van der Waals surface area contributed by atoms with Gasteiger partial charge in [-0.25, -0.2) is 8.42 Å². The normalized spacial score (nSPS) is 25.3. The predicted octanol–water partition coefficient (Wildman–Crippen LogP) is 4.68. The summed E-state index contributed by atoms with van der Waals surface area (Å²) in [5.41, 5.74) is 1.13. The summed E-state index contributed by atoms with van der Waals surface area (Å²) in [5.74, 6) is 0.848. The Bertz CT molecular complexity index is 1080. The van der Waals surface area contributed by atoms with E-state index < -0.39 is 15.6 Å². The summed E-state index contributed by atoms with van der Waals surface area (Å²) in [5, 5.41) is 0. The van der Waals surface area contributed by atoms with Crippen molar-refractivity contribution in [1.82, 2.24) is 9.21 Å². The molecule has 6 heteroatoms. The van der Waals surface area contributed by atoms with Gasteiger partial charge >= 0.3 is 0 Å². The van der Waals surface area contributed by atoms with Crippen LogP contribution in [-0.4, -0.2) is 36.6 Å². The first-order valence-corrected chi connectivity index (χ1v) is 13.4. The average Bonchev–Trinajstić information content (AvgIpc) is 3.34. The van der Waals surface area contributed by atoms with E-state index in [9.17, 15) is 13.2 Å². The fraction of sp³-hybridized carbons (Fsp3) is 0.500. The lowest BCUT2D eigenvalue weighted by atomic mass is 9.86. The van der Waals surface area contributed by atoms with E-state index in [1.54, 1.807) is 16.4 Å². The van der Waals surface area contributed by atoms with Crippen molar-refractivity contribution in [2.24, 2.45) is 5.92 Å². The van der Waals surface area contributed by atoms with Gasteiger partial charge in [-0.05, 0) is 36.0 Å². The lowest BCUT2D eigenvalue weighted by molar-refractivity contribution is -0.131. The molecule has 2 heterocycles. The van der Waals surface area contributed by atoms with E-state index in [-0.39, 0.29) is 5.91 Å². The maximum absolute atomic E-state index is 13.6. The first-order chi connectivity index (χ1) is 15.5. The average molecular weight is 453 g/mol. The maximum Gasteiger partial charge on any atom is 0.244 e. The van der Waals surface area contributed by atoms with Gasteiger partial charge < -0.3 is 4.90 Å². The van der Waals surface area contributed by atoms with Gasteiger partial charge in [0.2, 0.25) is 15.9 Å². The van der Waals surface area contributed by atoms with E-state index >= 15 is 0 Å². The molecule has 3 aliphatic rings. The second-order valence-electron chi connectivity index (χ2n) is 9.63. The lowest BCUT2D eigenvalue weighted by Gasteiger charge is -2.34. The van der Waals surface area contributed by atoms with Crippen LogP contribution in [0.5, 0.6) is 0 Å². The molecule has 1 amide bonds. The molecule has 32 heavy (non-hydrogen) atoms. The number of sulfonamides is 1. The Morgan fingerprint density at radius 2 is 1.69 bits per heavy atom. The van der Waals surface area contributed by atoms with Crippen molar-refractivity contribution in [3.63, 3.8) is 0 Å². The first-order valence-electron chi connectivity index (χ1n) is 11.9. The number of hydrogen-bond donors (Lipinski definition) is 0. The number of fused-ring (bicyclic) bond motifs is 2. The standard InChI is InChI=1S/C26H32N2O3S/c29-25(16-15-21-9-3-1-4-10-21)27-18-17-26(20-27)23-13-7-8-14-24(23)32(30,31)28(26)19-22-11-5-2-6-12-22/h2,5-8,11-14,21H,1,3-4,9-10,15-20H2/t26-/m1/s1. The number of amides is 1. The zero-order valence-electron chi connectivity index (χ0n) is 18.6. The third-order valence-corrected chi connectivity index (χ3v) is 9.67. The number of likely N-dealkylation sites (tertiary alicyclic amines) is 1. The van der Waals surface area contributed by atoms with Gasteiger partial charge in [-0.1, -0.05) is 80.6 Å². The molecule has 1 saturated heterocycles. The molecule has 2 aromatic carbocycles. The second-order valence-corrected chi connectivity index (χ2v) is 11.5. The van der Waals surface area contributed by atoms with Crippen LogP contribution in [0.25, 0.3) is 0 Å².